The van der Waals surface area contributed by atoms with Gasteiger partial charge in [-0.05, 0) is 47.1 Å². The van der Waals surface area contributed by atoms with E-state index in [1.54, 1.807) is 0 Å². The van der Waals surface area contributed by atoms with Crippen LogP contribution in [0.3, 0.4) is 0 Å². The van der Waals surface area contributed by atoms with Crippen LogP contribution in [0.5, 0.6) is 0 Å². The number of nitrogens with zero attached hydrogens (tertiary/aromatic N) is 4. The van der Waals surface area contributed by atoms with Gasteiger partial charge < -0.3 is 9.88 Å². The van der Waals surface area contributed by atoms with E-state index in [9.17, 15) is 9.59 Å². The van der Waals surface area contributed by atoms with E-state index in [2.05, 4.69) is 26.7 Å². The molecule has 2 aliphatic rings. The predicted molar refractivity (Wildman–Crippen MR) is 94.8 cm³/mol. The molecule has 0 bridgehead atoms. The number of likely N-dealkylation sites (tertiary alicyclic amines) is 1. The highest BCUT2D eigenvalue weighted by molar-refractivity contribution is 6.07. The number of imidazole rings is 1. The van der Waals surface area contributed by atoms with E-state index >= 15 is 0 Å². The Morgan fingerprint density at radius 2 is 2.16 bits per heavy atom. The number of aromatic nitrogens is 2. The molecule has 138 valence electrons. The molecule has 7 nitrogen and oxygen atoms in total. The Balaban J connectivity index is 1.73. The van der Waals surface area contributed by atoms with Crippen LogP contribution >= 0.6 is 0 Å². The molecule has 0 aliphatic carbocycles. The number of aryl methyl sites for hydroxylation is 1. The molecule has 25 heavy (non-hydrogen) atoms. The lowest BCUT2D eigenvalue weighted by molar-refractivity contribution is -0.134. The zero-order valence-electron chi connectivity index (χ0n) is 15.7. The molecule has 1 aromatic rings. The molecule has 0 aromatic carbocycles. The van der Waals surface area contributed by atoms with E-state index in [-0.39, 0.29) is 23.9 Å². The van der Waals surface area contributed by atoms with Crippen LogP contribution in [0.15, 0.2) is 12.4 Å². The summed E-state index contributed by atoms with van der Waals surface area (Å²) in [5.74, 6) is 1.08. The number of nitrogens with one attached hydrogen (secondary N) is 1. The fraction of sp³-hybridized carbons (Fsp3) is 0.722. The Labute approximate surface area is 149 Å². The molecular formula is C18H29N5O2. The fourth-order valence-electron chi connectivity index (χ4n) is 4.07. The molecule has 7 heteroatoms. The van der Waals surface area contributed by atoms with E-state index in [0.29, 0.717) is 0 Å². The molecule has 3 rings (SSSR count). The third-order valence-electron chi connectivity index (χ3n) is 5.59. The van der Waals surface area contributed by atoms with Crippen molar-refractivity contribution in [3.63, 3.8) is 0 Å². The van der Waals surface area contributed by atoms with Gasteiger partial charge in [0.1, 0.15) is 11.4 Å². The summed E-state index contributed by atoms with van der Waals surface area (Å²) in [4.78, 5) is 33.4. The van der Waals surface area contributed by atoms with Crippen LogP contribution in [0, 0.1) is 5.92 Å². The van der Waals surface area contributed by atoms with E-state index in [1.165, 1.54) is 4.90 Å². The highest BCUT2D eigenvalue weighted by Crippen LogP contribution is 2.33. The number of urea groups is 1. The maximum atomic E-state index is 12.9. The van der Waals surface area contributed by atoms with Crippen LogP contribution in [0.25, 0.3) is 0 Å². The number of imide groups is 1. The van der Waals surface area contributed by atoms with Crippen molar-refractivity contribution < 1.29 is 9.59 Å². The Bertz CT molecular complexity index is 656. The minimum Gasteiger partial charge on any atom is -0.334 e. The Morgan fingerprint density at radius 3 is 2.80 bits per heavy atom. The van der Waals surface area contributed by atoms with Gasteiger partial charge in [-0.25, -0.2) is 9.78 Å². The standard InChI is InChI=1S/C18H29N5O2/c1-5-22-10-8-19-15(22)12-21-9-6-7-14(11-21)18(4)16(24)23(13(2)3)17(25)20-18/h8,10,13-14H,5-7,9,11-12H2,1-4H3,(H,20,25)/t14-,18-/m0/s1. The summed E-state index contributed by atoms with van der Waals surface area (Å²) in [7, 11) is 0. The van der Waals surface area contributed by atoms with Crippen LogP contribution in [0.4, 0.5) is 4.79 Å². The summed E-state index contributed by atoms with van der Waals surface area (Å²) in [5, 5.41) is 2.97. The zero-order chi connectivity index (χ0) is 18.2. The summed E-state index contributed by atoms with van der Waals surface area (Å²) in [6.07, 6.45) is 5.81. The highest BCUT2D eigenvalue weighted by Gasteiger charge is 2.53. The number of hydrogen-bond acceptors (Lipinski definition) is 4. The van der Waals surface area contributed by atoms with E-state index < -0.39 is 5.54 Å². The van der Waals surface area contributed by atoms with Crippen molar-refractivity contribution in [2.75, 3.05) is 13.1 Å². The van der Waals surface area contributed by atoms with Gasteiger partial charge >= 0.3 is 6.03 Å². The normalized spacial score (nSPS) is 28.0. The SMILES string of the molecule is CCn1ccnc1CN1CCC[C@H]([C@]2(C)NC(=O)N(C(C)C)C2=O)C1. The number of piperidine rings is 1. The smallest absolute Gasteiger partial charge is 0.325 e. The minimum atomic E-state index is -0.805. The van der Waals surface area contributed by atoms with Gasteiger partial charge in [0.2, 0.25) is 0 Å². The number of carbonyl (C=O) groups excluding carboxylic acids is 2. The summed E-state index contributed by atoms with van der Waals surface area (Å²) < 4.78 is 2.15. The third-order valence-corrected chi connectivity index (χ3v) is 5.59. The van der Waals surface area contributed by atoms with Gasteiger partial charge in [-0.1, -0.05) is 0 Å². The molecule has 0 unspecified atom stereocenters. The van der Waals surface area contributed by atoms with Gasteiger partial charge in [0, 0.05) is 37.4 Å². The first kappa shape index (κ1) is 17.9. The topological polar surface area (TPSA) is 70.5 Å². The molecule has 3 heterocycles. The first-order valence-electron chi connectivity index (χ1n) is 9.25. The Morgan fingerprint density at radius 1 is 1.40 bits per heavy atom. The van der Waals surface area contributed by atoms with Crippen molar-refractivity contribution in [3.05, 3.63) is 18.2 Å². The van der Waals surface area contributed by atoms with Gasteiger partial charge in [0.25, 0.3) is 5.91 Å². The van der Waals surface area contributed by atoms with Crippen molar-refractivity contribution in [2.45, 2.75) is 65.2 Å². The molecule has 1 aromatic heterocycles. The molecule has 2 saturated heterocycles. The maximum absolute atomic E-state index is 12.9. The molecule has 0 saturated carbocycles. The van der Waals surface area contributed by atoms with Gasteiger partial charge in [-0.2, -0.15) is 0 Å². The summed E-state index contributed by atoms with van der Waals surface area (Å²) in [6, 6.07) is -0.382. The molecule has 2 aliphatic heterocycles. The number of carbonyl (C=O) groups is 2. The van der Waals surface area contributed by atoms with E-state index in [1.807, 2.05) is 33.2 Å². The predicted octanol–water partition coefficient (Wildman–Crippen LogP) is 1.83. The molecule has 3 amide bonds. The average Bonchev–Trinajstić information content (AvgIpc) is 3.10. The molecule has 1 N–H and O–H groups in total. The summed E-state index contributed by atoms with van der Waals surface area (Å²) in [5.41, 5.74) is -0.805. The van der Waals surface area contributed by atoms with Crippen LogP contribution < -0.4 is 5.32 Å². The minimum absolute atomic E-state index is 0.0885. The first-order valence-corrected chi connectivity index (χ1v) is 9.25. The van der Waals surface area contributed by atoms with Gasteiger partial charge in [-0.15, -0.1) is 0 Å². The zero-order valence-corrected chi connectivity index (χ0v) is 15.7. The lowest BCUT2D eigenvalue weighted by Crippen LogP contribution is -2.56. The van der Waals surface area contributed by atoms with E-state index in [4.69, 9.17) is 0 Å². The van der Waals surface area contributed by atoms with Crippen LogP contribution in [-0.2, 0) is 17.9 Å². The lowest BCUT2D eigenvalue weighted by atomic mass is 9.80. The third kappa shape index (κ3) is 3.17. The van der Waals surface area contributed by atoms with Crippen LogP contribution in [0.2, 0.25) is 0 Å². The van der Waals surface area contributed by atoms with Crippen LogP contribution in [0.1, 0.15) is 46.4 Å². The highest BCUT2D eigenvalue weighted by atomic mass is 16.2. The molecule has 2 atom stereocenters. The second kappa shape index (κ2) is 6.78. The van der Waals surface area contributed by atoms with Crippen molar-refractivity contribution in [2.24, 2.45) is 5.92 Å². The number of rotatable bonds is 5. The molecular weight excluding hydrogens is 318 g/mol. The average molecular weight is 347 g/mol. The van der Waals surface area contributed by atoms with Gasteiger partial charge in [0.05, 0.1) is 6.54 Å². The monoisotopic (exact) mass is 347 g/mol. The van der Waals surface area contributed by atoms with Crippen molar-refractivity contribution in [1.82, 2.24) is 24.7 Å². The summed E-state index contributed by atoms with van der Waals surface area (Å²) >= 11 is 0. The Hall–Kier alpha value is -1.89. The van der Waals surface area contributed by atoms with E-state index in [0.717, 1.165) is 44.8 Å². The first-order chi connectivity index (χ1) is 11.9. The largest absolute Gasteiger partial charge is 0.334 e. The maximum Gasteiger partial charge on any atom is 0.325 e. The Kier molecular flexibility index (Phi) is 4.86. The summed E-state index contributed by atoms with van der Waals surface area (Å²) in [6.45, 7) is 11.2. The second-order valence-electron chi connectivity index (χ2n) is 7.61. The molecule has 0 spiro atoms. The number of hydrogen-bond donors (Lipinski definition) is 1. The van der Waals surface area contributed by atoms with Crippen LogP contribution in [-0.4, -0.2) is 56.0 Å². The van der Waals surface area contributed by atoms with Gasteiger partial charge in [-0.3, -0.25) is 14.6 Å². The molecule has 0 radical (unpaired) electrons. The van der Waals surface area contributed by atoms with Crippen molar-refractivity contribution >= 4 is 11.9 Å². The second-order valence-corrected chi connectivity index (χ2v) is 7.61. The molecule has 2 fully saturated rings. The van der Waals surface area contributed by atoms with Gasteiger partial charge in [0.15, 0.2) is 0 Å². The lowest BCUT2D eigenvalue weighted by Gasteiger charge is -2.39. The van der Waals surface area contributed by atoms with Crippen molar-refractivity contribution in [1.29, 1.82) is 0 Å². The number of amides is 3. The van der Waals surface area contributed by atoms with Crippen molar-refractivity contribution in [3.8, 4) is 0 Å². The quantitative estimate of drug-likeness (QED) is 0.825. The fourth-order valence-corrected chi connectivity index (χ4v) is 4.07.